The predicted octanol–water partition coefficient (Wildman–Crippen LogP) is 3.08. The fourth-order valence-electron chi connectivity index (χ4n) is 1.83. The molecule has 1 aliphatic heterocycles. The van der Waals surface area contributed by atoms with Crippen LogP contribution in [-0.2, 0) is 0 Å². The Hall–Kier alpha value is -0.570. The van der Waals surface area contributed by atoms with E-state index in [9.17, 15) is 0 Å². The Labute approximate surface area is 97.7 Å². The molecule has 0 aliphatic carbocycles. The third kappa shape index (κ3) is 2.27. The standard InChI is InChI=1S/C11H15BrN2/c1-9-3-2-4-14(8-9)11-5-10(12)6-13-7-11/h5-7,9H,2-4,8H2,1H3/i5D,6D,7D. The molecule has 0 radical (unpaired) electrons. The van der Waals surface area contributed by atoms with Crippen LogP contribution in [0.3, 0.4) is 0 Å². The molecule has 0 aromatic carbocycles. The van der Waals surface area contributed by atoms with Crippen LogP contribution in [0.4, 0.5) is 5.69 Å². The van der Waals surface area contributed by atoms with Crippen LogP contribution in [0.2, 0.25) is 0 Å². The lowest BCUT2D eigenvalue weighted by Crippen LogP contribution is -2.34. The van der Waals surface area contributed by atoms with E-state index >= 15 is 0 Å². The first-order chi connectivity index (χ1) is 8.00. The van der Waals surface area contributed by atoms with Crippen molar-refractivity contribution in [1.82, 2.24) is 4.98 Å². The fourth-order valence-corrected chi connectivity index (χ4v) is 2.11. The van der Waals surface area contributed by atoms with Crippen molar-refractivity contribution >= 4 is 21.6 Å². The molecule has 1 aromatic heterocycles. The van der Waals surface area contributed by atoms with Crippen molar-refractivity contribution in [2.75, 3.05) is 18.0 Å². The van der Waals surface area contributed by atoms with E-state index in [0.29, 0.717) is 16.1 Å². The number of anilines is 1. The molecule has 0 spiro atoms. The quantitative estimate of drug-likeness (QED) is 0.769. The zero-order valence-electron chi connectivity index (χ0n) is 11.2. The van der Waals surface area contributed by atoms with Crippen molar-refractivity contribution in [3.05, 3.63) is 22.9 Å². The minimum absolute atomic E-state index is 0.0335. The van der Waals surface area contributed by atoms with Crippen molar-refractivity contribution in [3.63, 3.8) is 0 Å². The number of aromatic nitrogens is 1. The van der Waals surface area contributed by atoms with E-state index in [1.165, 1.54) is 6.42 Å². The van der Waals surface area contributed by atoms with Gasteiger partial charge in [-0.05, 0) is 40.7 Å². The monoisotopic (exact) mass is 257 g/mol. The van der Waals surface area contributed by atoms with Gasteiger partial charge in [0.05, 0.1) is 16.0 Å². The molecule has 3 heteroatoms. The van der Waals surface area contributed by atoms with Crippen LogP contribution in [0.15, 0.2) is 22.9 Å². The molecule has 1 saturated heterocycles. The van der Waals surface area contributed by atoms with Crippen LogP contribution in [0.1, 0.15) is 23.9 Å². The molecule has 1 atom stereocenters. The molecule has 0 bridgehead atoms. The van der Waals surface area contributed by atoms with Gasteiger partial charge in [-0.3, -0.25) is 4.98 Å². The summed E-state index contributed by atoms with van der Waals surface area (Å²) in [6.45, 7) is 3.91. The Balaban J connectivity index is 2.41. The van der Waals surface area contributed by atoms with Crippen molar-refractivity contribution in [1.29, 1.82) is 0 Å². The smallest absolute Gasteiger partial charge is 0.0862 e. The number of nitrogens with zero attached hydrogens (tertiary/aromatic N) is 2. The van der Waals surface area contributed by atoms with Crippen LogP contribution in [0.5, 0.6) is 0 Å². The Kier molecular flexibility index (Phi) is 2.10. The van der Waals surface area contributed by atoms with Crippen LogP contribution in [0.25, 0.3) is 0 Å². The zero-order valence-corrected chi connectivity index (χ0v) is 9.76. The first-order valence-electron chi connectivity index (χ1n) is 6.39. The highest BCUT2D eigenvalue weighted by Crippen LogP contribution is 2.24. The number of piperidine rings is 1. The van der Waals surface area contributed by atoms with Crippen LogP contribution in [-0.4, -0.2) is 18.1 Å². The van der Waals surface area contributed by atoms with Crippen LogP contribution in [0, 0.1) is 5.92 Å². The summed E-state index contributed by atoms with van der Waals surface area (Å²) in [5.41, 5.74) is 0.555. The maximum Gasteiger partial charge on any atom is 0.0862 e. The molecule has 14 heavy (non-hydrogen) atoms. The normalized spacial score (nSPS) is 25.4. The topological polar surface area (TPSA) is 16.1 Å². The summed E-state index contributed by atoms with van der Waals surface area (Å²) in [5.74, 6) is 0.581. The maximum absolute atomic E-state index is 8.01. The van der Waals surface area contributed by atoms with Gasteiger partial charge < -0.3 is 4.90 Å². The first-order valence-corrected chi connectivity index (χ1v) is 5.68. The number of halogens is 1. The lowest BCUT2D eigenvalue weighted by Gasteiger charge is -2.32. The van der Waals surface area contributed by atoms with Crippen molar-refractivity contribution in [2.24, 2.45) is 5.92 Å². The molecule has 2 heterocycles. The minimum atomic E-state index is -0.0335. The molecular formula is C11H15BrN2. The zero-order chi connectivity index (χ0) is 12.6. The van der Waals surface area contributed by atoms with Gasteiger partial charge in [0, 0.05) is 23.7 Å². The second kappa shape index (κ2) is 4.30. The largest absolute Gasteiger partial charge is 0.370 e. The highest BCUT2D eigenvalue weighted by molar-refractivity contribution is 9.10. The van der Waals surface area contributed by atoms with Gasteiger partial charge in [-0.15, -0.1) is 0 Å². The summed E-state index contributed by atoms with van der Waals surface area (Å²) in [4.78, 5) is 5.91. The van der Waals surface area contributed by atoms with Gasteiger partial charge in [-0.2, -0.15) is 0 Å². The third-order valence-corrected chi connectivity index (χ3v) is 2.89. The molecule has 1 aliphatic rings. The van der Waals surface area contributed by atoms with Crippen LogP contribution >= 0.6 is 15.9 Å². The van der Waals surface area contributed by atoms with Crippen molar-refractivity contribution in [2.45, 2.75) is 19.8 Å². The SMILES string of the molecule is [2H]c1nc([2H])c(N2CCCC(C)C2)c([2H])c1Br. The number of pyridine rings is 1. The molecule has 0 amide bonds. The number of hydrogen-bond acceptors (Lipinski definition) is 2. The van der Waals surface area contributed by atoms with E-state index in [1.54, 1.807) is 0 Å². The summed E-state index contributed by atoms with van der Waals surface area (Å²) < 4.78 is 23.8. The van der Waals surface area contributed by atoms with Crippen LogP contribution < -0.4 is 4.90 Å². The Morgan fingerprint density at radius 1 is 1.64 bits per heavy atom. The fraction of sp³-hybridized carbons (Fsp3) is 0.545. The molecule has 0 saturated carbocycles. The molecule has 76 valence electrons. The second-order valence-corrected chi connectivity index (χ2v) is 4.61. The molecule has 2 nitrogen and oxygen atoms in total. The maximum atomic E-state index is 8.01. The number of hydrogen-bond donors (Lipinski definition) is 0. The summed E-state index contributed by atoms with van der Waals surface area (Å²) in [5, 5.41) is 0. The van der Waals surface area contributed by atoms with Gasteiger partial charge in [0.25, 0.3) is 0 Å². The Morgan fingerprint density at radius 2 is 2.50 bits per heavy atom. The Bertz CT molecular complexity index is 439. The van der Waals surface area contributed by atoms with Gasteiger partial charge in [0.2, 0.25) is 0 Å². The van der Waals surface area contributed by atoms with Gasteiger partial charge in [-0.25, -0.2) is 0 Å². The average Bonchev–Trinajstić information content (AvgIpc) is 2.26. The highest BCUT2D eigenvalue weighted by Gasteiger charge is 2.16. The lowest BCUT2D eigenvalue weighted by molar-refractivity contribution is 0.446. The lowest BCUT2D eigenvalue weighted by atomic mass is 10.00. The third-order valence-electron chi connectivity index (χ3n) is 2.52. The van der Waals surface area contributed by atoms with E-state index in [2.05, 4.69) is 32.7 Å². The molecule has 0 N–H and O–H groups in total. The van der Waals surface area contributed by atoms with Gasteiger partial charge >= 0.3 is 0 Å². The summed E-state index contributed by atoms with van der Waals surface area (Å²) in [7, 11) is 0. The van der Waals surface area contributed by atoms with E-state index in [1.807, 2.05) is 0 Å². The first kappa shape index (κ1) is 6.83. The van der Waals surface area contributed by atoms with Crippen molar-refractivity contribution in [3.8, 4) is 0 Å². The van der Waals surface area contributed by atoms with E-state index in [4.69, 9.17) is 4.11 Å². The van der Waals surface area contributed by atoms with Gasteiger partial charge in [0.1, 0.15) is 0 Å². The van der Waals surface area contributed by atoms with Gasteiger partial charge in [-0.1, -0.05) is 6.92 Å². The average molecular weight is 258 g/mol. The molecule has 1 aromatic rings. The van der Waals surface area contributed by atoms with Gasteiger partial charge in [0.15, 0.2) is 0 Å². The summed E-state index contributed by atoms with van der Waals surface area (Å²) in [6.07, 6.45) is 2.29. The van der Waals surface area contributed by atoms with E-state index in [-0.39, 0.29) is 18.4 Å². The minimum Gasteiger partial charge on any atom is -0.370 e. The molecule has 1 unspecified atom stereocenters. The second-order valence-electron chi connectivity index (χ2n) is 3.82. The molecule has 1 fully saturated rings. The molecular weight excluding hydrogens is 240 g/mol. The van der Waals surface area contributed by atoms with E-state index in [0.717, 1.165) is 19.5 Å². The molecule has 2 rings (SSSR count). The summed E-state index contributed by atoms with van der Waals surface area (Å²) in [6, 6.07) is 0.212. The van der Waals surface area contributed by atoms with Crippen molar-refractivity contribution < 1.29 is 4.11 Å². The predicted molar refractivity (Wildman–Crippen MR) is 62.5 cm³/mol. The van der Waals surface area contributed by atoms with E-state index < -0.39 is 0 Å². The summed E-state index contributed by atoms with van der Waals surface area (Å²) >= 11 is 3.20. The Morgan fingerprint density at radius 3 is 3.29 bits per heavy atom. The number of rotatable bonds is 1. The highest BCUT2D eigenvalue weighted by atomic mass is 79.9.